The van der Waals surface area contributed by atoms with E-state index in [4.69, 9.17) is 90.0 Å². The van der Waals surface area contributed by atoms with Crippen molar-refractivity contribution >= 4 is 88.4 Å². The van der Waals surface area contributed by atoms with Gasteiger partial charge < -0.3 is 37.9 Å². The highest BCUT2D eigenvalue weighted by Gasteiger charge is 2.40. The first-order chi connectivity index (χ1) is 51.2. The molecular weight excluding hydrogens is 1360 g/mol. The fourth-order valence-corrected chi connectivity index (χ4v) is 18.5. The third-order valence-corrected chi connectivity index (χ3v) is 23.8. The number of aromatic nitrogens is 8. The Morgan fingerprint density at radius 2 is 0.462 bits per heavy atom. The van der Waals surface area contributed by atoms with Crippen molar-refractivity contribution in [3.05, 3.63) is 181 Å². The van der Waals surface area contributed by atoms with Gasteiger partial charge in [-0.15, -0.1) is 22.7 Å². The van der Waals surface area contributed by atoms with Crippen molar-refractivity contribution in [2.24, 2.45) is 0 Å². The molecular formula is C85H78N8O8S3. The molecule has 9 heterocycles. The Morgan fingerprint density at radius 3 is 0.663 bits per heavy atom. The van der Waals surface area contributed by atoms with Crippen LogP contribution in [0.25, 0.3) is 53.5 Å². The molecule has 1 aliphatic carbocycles. The zero-order valence-corrected chi connectivity index (χ0v) is 61.2. The zero-order valence-electron chi connectivity index (χ0n) is 58.7. The second-order valence-corrected chi connectivity index (χ2v) is 31.5. The van der Waals surface area contributed by atoms with Crippen LogP contribution in [-0.4, -0.2) is 39.9 Å². The summed E-state index contributed by atoms with van der Waals surface area (Å²) in [6.45, 7) is 9.05. The largest absolute Gasteiger partial charge is 0.434 e. The van der Waals surface area contributed by atoms with Crippen LogP contribution in [0.3, 0.4) is 0 Å². The van der Waals surface area contributed by atoms with Crippen LogP contribution in [0.5, 0.6) is 93.0 Å². The molecule has 0 saturated heterocycles. The molecule has 0 N–H and O–H groups in total. The van der Waals surface area contributed by atoms with E-state index in [1.165, 1.54) is 0 Å². The summed E-state index contributed by atoms with van der Waals surface area (Å²) in [7, 11) is 0. The Hall–Kier alpha value is -9.95. The summed E-state index contributed by atoms with van der Waals surface area (Å²) < 4.78 is 63.0. The van der Waals surface area contributed by atoms with Crippen LogP contribution in [-0.2, 0) is 0 Å². The number of fused-ring (bicyclic) bond motifs is 9. The lowest BCUT2D eigenvalue weighted by Crippen LogP contribution is -2.13. The highest BCUT2D eigenvalue weighted by molar-refractivity contribution is 7.77. The first kappa shape index (κ1) is 66.0. The highest BCUT2D eigenvalue weighted by atomic mass is 32.2. The van der Waals surface area contributed by atoms with Gasteiger partial charge in [0.05, 0.1) is 44.1 Å². The molecule has 104 heavy (non-hydrogen) atoms. The highest BCUT2D eigenvalue weighted by Crippen LogP contribution is 2.59. The maximum absolute atomic E-state index is 7.58. The molecule has 2 atom stereocenters. The molecule has 8 bridgehead atoms. The van der Waals surface area contributed by atoms with E-state index in [1.807, 2.05) is 72.8 Å². The normalized spacial score (nSPS) is 16.3. The van der Waals surface area contributed by atoms with Gasteiger partial charge in [-0.05, 0) is 98.5 Å². The van der Waals surface area contributed by atoms with Gasteiger partial charge in [0.1, 0.15) is 49.1 Å². The quantitative estimate of drug-likeness (QED) is 0.0519. The Balaban J connectivity index is 1.01. The van der Waals surface area contributed by atoms with Gasteiger partial charge in [0, 0.05) is 102 Å². The minimum absolute atomic E-state index is 0.177. The fourth-order valence-electron chi connectivity index (χ4n) is 15.9. The van der Waals surface area contributed by atoms with Crippen molar-refractivity contribution in [3.63, 3.8) is 0 Å². The third kappa shape index (κ3) is 12.5. The number of ether oxygens (including phenoxy) is 8. The van der Waals surface area contributed by atoms with Crippen molar-refractivity contribution in [1.82, 2.24) is 39.9 Å². The average molecular weight is 1440 g/mol. The molecule has 16 nitrogen and oxygen atoms in total. The first-order valence-electron chi connectivity index (χ1n) is 37.4. The van der Waals surface area contributed by atoms with E-state index in [-0.39, 0.29) is 70.7 Å². The lowest BCUT2D eigenvalue weighted by Gasteiger charge is -2.30. The maximum atomic E-state index is 7.58. The second-order valence-electron chi connectivity index (χ2n) is 28.2. The van der Waals surface area contributed by atoms with Crippen molar-refractivity contribution in [3.8, 4) is 93.0 Å². The smallest absolute Gasteiger partial charge is 0.284 e. The molecule has 5 aromatic heterocycles. The van der Waals surface area contributed by atoms with E-state index in [1.54, 1.807) is 22.7 Å². The predicted molar refractivity (Wildman–Crippen MR) is 411 cm³/mol. The van der Waals surface area contributed by atoms with Crippen LogP contribution in [0.2, 0.25) is 0 Å². The lowest BCUT2D eigenvalue weighted by molar-refractivity contribution is 0.377. The SMILES string of the molecule is CCCCCCC1c2cc3c4cc2Oc2nc5ccccc5nc2Oc2cc5c(cc21)C(CCCCCC)c1cc2c(cc1Oc1nc6ccccc6nc1O5)Oc1nc5cc6sc(=S)sc6cc5nc1Oc1cc(c(cc1C2CCCCCC)C3CCCCCC)Oc1nc2ccccc2nc1O4. The molecule has 0 saturated carbocycles. The Morgan fingerprint density at radius 1 is 0.260 bits per heavy atom. The summed E-state index contributed by atoms with van der Waals surface area (Å²) >= 11 is 8.91. The summed E-state index contributed by atoms with van der Waals surface area (Å²) in [5, 5.41) is 0. The van der Waals surface area contributed by atoms with Crippen molar-refractivity contribution in [1.29, 1.82) is 0 Å². The standard InChI is InChI=1S/C85H78N8O8S3/c1-5-9-13-17-27-47-51-37-53-48(28-18-14-10-6-2)55-39-57-50(30-20-16-12-8-4)58-40-56-49(29-19-15-11-7-3)54-38-52(47)68-44-70(54)97-80-82(91-64-36-26-24-34-62(64)89-80)99-72(56)46-74(58)101-84-83(92-65-41-75-76(42-66(65)93-84)104-85(102)103-75)100-73(57)45-71(55)98-81-79(88-61-33-23-25-35-63(61)90-81)96-69(53)43-67(51)94-77-78(95-68)87-60-32-22-21-31-59(60)86-77/h21-26,31-50H,5-20,27-30H2,1-4H3. The van der Waals surface area contributed by atoms with E-state index in [2.05, 4.69) is 88.4 Å². The third-order valence-electron chi connectivity index (χ3n) is 21.2. The molecule has 0 spiro atoms. The van der Waals surface area contributed by atoms with Gasteiger partial charge in [0.25, 0.3) is 47.0 Å². The molecule has 4 aliphatic heterocycles. The van der Waals surface area contributed by atoms with Gasteiger partial charge in [-0.2, -0.15) is 0 Å². The summed E-state index contributed by atoms with van der Waals surface area (Å²) in [6.07, 6.45) is 19.1. The van der Waals surface area contributed by atoms with Crippen LogP contribution in [0.15, 0.2) is 133 Å². The molecule has 8 aromatic carbocycles. The van der Waals surface area contributed by atoms with E-state index < -0.39 is 0 Å². The summed E-state index contributed by atoms with van der Waals surface area (Å²) in [6, 6.07) is 45.3. The van der Waals surface area contributed by atoms with E-state index in [0.717, 1.165) is 185 Å². The number of hydrogen-bond donors (Lipinski definition) is 0. The van der Waals surface area contributed by atoms with Gasteiger partial charge in [-0.3, -0.25) is 0 Å². The topological polar surface area (TPSA) is 177 Å². The number of para-hydroxylation sites is 6. The van der Waals surface area contributed by atoms with Crippen LogP contribution < -0.4 is 37.9 Å². The second kappa shape index (κ2) is 28.3. The lowest BCUT2D eigenvalue weighted by atomic mass is 9.76. The van der Waals surface area contributed by atoms with Crippen LogP contribution >= 0.6 is 34.9 Å². The number of nitrogens with zero attached hydrogens (tertiary/aromatic N) is 8. The Kier molecular flexibility index (Phi) is 17.9. The molecule has 2 unspecified atom stereocenters. The van der Waals surface area contributed by atoms with E-state index in [9.17, 15) is 0 Å². The first-order valence-corrected chi connectivity index (χ1v) is 39.4. The molecule has 18 rings (SSSR count). The maximum Gasteiger partial charge on any atom is 0.284 e. The molecule has 0 amide bonds. The molecule has 524 valence electrons. The van der Waals surface area contributed by atoms with Gasteiger partial charge in [-0.1, -0.05) is 179 Å². The number of rotatable bonds is 20. The minimum Gasteiger partial charge on any atom is -0.434 e. The van der Waals surface area contributed by atoms with Crippen molar-refractivity contribution in [2.45, 2.75) is 180 Å². The Labute approximate surface area is 616 Å². The zero-order chi connectivity index (χ0) is 69.9. The van der Waals surface area contributed by atoms with Crippen molar-refractivity contribution in [2.75, 3.05) is 0 Å². The number of benzene rings is 8. The van der Waals surface area contributed by atoms with Gasteiger partial charge >= 0.3 is 0 Å². The summed E-state index contributed by atoms with van der Waals surface area (Å²) in [5.41, 5.74) is 12.6. The monoisotopic (exact) mass is 1430 g/mol. The van der Waals surface area contributed by atoms with E-state index in [0.29, 0.717) is 90.1 Å². The predicted octanol–water partition coefficient (Wildman–Crippen LogP) is 25.8. The van der Waals surface area contributed by atoms with E-state index >= 15 is 0 Å². The van der Waals surface area contributed by atoms with Crippen LogP contribution in [0, 0.1) is 3.14 Å². The minimum atomic E-state index is -0.366. The molecule has 13 aromatic rings. The molecule has 5 aliphatic rings. The molecule has 0 fully saturated rings. The van der Waals surface area contributed by atoms with Crippen LogP contribution in [0.4, 0.5) is 0 Å². The molecule has 0 radical (unpaired) electrons. The van der Waals surface area contributed by atoms with Gasteiger partial charge in [0.15, 0.2) is 0 Å². The summed E-state index contributed by atoms with van der Waals surface area (Å²) in [5.74, 6) is 4.37. The summed E-state index contributed by atoms with van der Waals surface area (Å²) in [4.78, 5) is 42.6. The van der Waals surface area contributed by atoms with Crippen molar-refractivity contribution < 1.29 is 37.9 Å². The number of unbranched alkanes of at least 4 members (excludes halogenated alkanes) is 12. The average Bonchev–Trinajstić information content (AvgIpc) is 1.45. The van der Waals surface area contributed by atoms with Gasteiger partial charge in [-0.25, -0.2) is 39.9 Å². The van der Waals surface area contributed by atoms with Crippen LogP contribution in [0.1, 0.15) is 224 Å². The van der Waals surface area contributed by atoms with Gasteiger partial charge in [0.2, 0.25) is 0 Å². The Bertz CT molecular complexity index is 5290. The fraction of sp³-hybridized carbons (Fsp3) is 0.329. The molecule has 19 heteroatoms. The number of hydrogen-bond acceptors (Lipinski definition) is 19.